The first kappa shape index (κ1) is 26.0. The molecule has 0 bridgehead atoms. The first-order valence-electron chi connectivity index (χ1n) is 10.6. The molecule has 2 aliphatic rings. The highest BCUT2D eigenvalue weighted by molar-refractivity contribution is 6.87. The van der Waals surface area contributed by atoms with Gasteiger partial charge >= 0.3 is 0 Å². The van der Waals surface area contributed by atoms with Crippen LogP contribution in [0.15, 0.2) is 21.8 Å². The summed E-state index contributed by atoms with van der Waals surface area (Å²) in [6, 6.07) is 5.48. The Morgan fingerprint density at radius 3 is 1.47 bits per heavy atom. The van der Waals surface area contributed by atoms with E-state index in [0.717, 1.165) is 0 Å². The summed E-state index contributed by atoms with van der Waals surface area (Å²) in [6.45, 7) is 33.8. The number of hydrogen-bond donors (Lipinski definition) is 0. The number of rotatable bonds is 2. The zero-order valence-corrected chi connectivity index (χ0v) is 22.4. The largest absolute Gasteiger partial charge is 0.269 e. The van der Waals surface area contributed by atoms with Crippen LogP contribution in [-0.2, 0) is 0 Å². The Balaban J connectivity index is 2.79. The molecule has 174 valence electrons. The Morgan fingerprint density at radius 1 is 0.694 bits per heavy atom. The fourth-order valence-corrected chi connectivity index (χ4v) is 8.62. The molecule has 0 fully saturated rings. The van der Waals surface area contributed by atoms with Crippen molar-refractivity contribution in [2.24, 2.45) is 0 Å². The third-order valence-electron chi connectivity index (χ3n) is 5.98. The van der Waals surface area contributed by atoms with Gasteiger partial charge < -0.3 is 0 Å². The summed E-state index contributed by atoms with van der Waals surface area (Å²) < 4.78 is 33.1. The molecule has 1 aromatic rings. The van der Waals surface area contributed by atoms with Gasteiger partial charge in [0.05, 0.1) is 59.6 Å². The van der Waals surface area contributed by atoms with E-state index in [-0.39, 0.29) is 49.5 Å². The summed E-state index contributed by atoms with van der Waals surface area (Å²) >= 11 is 0. The predicted octanol–water partition coefficient (Wildman–Crippen LogP) is 6.96. The Kier molecular flexibility index (Phi) is 6.20. The van der Waals surface area contributed by atoms with E-state index < -0.39 is 44.7 Å². The van der Waals surface area contributed by atoms with Crippen LogP contribution in [-0.4, -0.2) is 16.1 Å². The Hall–Kier alpha value is -4.59. The van der Waals surface area contributed by atoms with Gasteiger partial charge in [-0.05, 0) is 10.8 Å². The topological polar surface area (TPSA) is 84.4 Å². The molecule has 0 unspecified atom stereocenters. The van der Waals surface area contributed by atoms with E-state index in [1.54, 1.807) is 12.1 Å². The second-order valence-electron chi connectivity index (χ2n) is 10.2. The van der Waals surface area contributed by atoms with Crippen molar-refractivity contribution in [1.29, 1.82) is 15.8 Å². The van der Waals surface area contributed by atoms with Gasteiger partial charge in [0.15, 0.2) is 5.70 Å². The van der Waals surface area contributed by atoms with E-state index in [1.807, 2.05) is 45.4 Å². The molecule has 0 heterocycles. The van der Waals surface area contributed by atoms with Gasteiger partial charge in [0.2, 0.25) is 0 Å². The third kappa shape index (κ3) is 3.41. The van der Waals surface area contributed by atoms with E-state index in [1.165, 1.54) is 0 Å². The number of hydrogen-bond acceptors (Lipinski definition) is 3. The van der Waals surface area contributed by atoms with E-state index >= 15 is 8.78 Å². The molecule has 0 saturated heterocycles. The van der Waals surface area contributed by atoms with Crippen LogP contribution in [0.2, 0.25) is 39.3 Å². The molecular weight excluding hydrogens is 490 g/mol. The number of allylic oxidation sites excluding steroid dienone is 7. The maximum Gasteiger partial charge on any atom is 0.269 e. The van der Waals surface area contributed by atoms with Crippen LogP contribution in [0.1, 0.15) is 22.3 Å². The van der Waals surface area contributed by atoms with Gasteiger partial charge in [-0.2, -0.15) is 5.26 Å². The van der Waals surface area contributed by atoms with Crippen molar-refractivity contribution in [3.05, 3.63) is 89.9 Å². The number of fused-ring (bicyclic) bond motifs is 2. The van der Waals surface area contributed by atoms with Gasteiger partial charge in [-0.1, -0.05) is 44.5 Å². The highest BCUT2D eigenvalue weighted by atomic mass is 28.3. The summed E-state index contributed by atoms with van der Waals surface area (Å²) in [7, 11) is -5.13. The van der Waals surface area contributed by atoms with Gasteiger partial charge in [-0.3, -0.25) is 0 Å². The van der Waals surface area contributed by atoms with Gasteiger partial charge in [0.1, 0.15) is 11.6 Å². The number of nitrogens with zero attached hydrogens (tertiary/aromatic N) is 6. The van der Waals surface area contributed by atoms with Crippen LogP contribution in [0.25, 0.3) is 37.0 Å². The molecule has 36 heavy (non-hydrogen) atoms. The van der Waals surface area contributed by atoms with Crippen molar-refractivity contribution in [2.75, 3.05) is 0 Å². The Labute approximate surface area is 210 Å². The molecule has 0 amide bonds. The third-order valence-corrected chi connectivity index (χ3v) is 9.97. The first-order valence-corrected chi connectivity index (χ1v) is 17.6. The summed E-state index contributed by atoms with van der Waals surface area (Å²) in [5.41, 5.74) is -3.05. The molecule has 0 aromatic heterocycles. The molecule has 1 aromatic carbocycles. The van der Waals surface area contributed by atoms with E-state index in [0.29, 0.717) is 0 Å². The zero-order valence-electron chi connectivity index (χ0n) is 20.4. The van der Waals surface area contributed by atoms with Crippen molar-refractivity contribution in [2.45, 2.75) is 39.3 Å². The normalized spacial score (nSPS) is 17.2. The van der Waals surface area contributed by atoms with Gasteiger partial charge in [0.25, 0.3) is 11.4 Å². The predicted molar refractivity (Wildman–Crippen MR) is 137 cm³/mol. The van der Waals surface area contributed by atoms with Crippen LogP contribution in [0.3, 0.4) is 0 Å². The average Bonchev–Trinajstić information content (AvgIpc) is 3.34. The molecule has 10 heteroatoms. The minimum atomic E-state index is -2.57. The smallest absolute Gasteiger partial charge is 0.238 e. The average molecular weight is 509 g/mol. The van der Waals surface area contributed by atoms with Crippen molar-refractivity contribution in [1.82, 2.24) is 0 Å². The van der Waals surface area contributed by atoms with Gasteiger partial charge in [0, 0.05) is 27.8 Å². The lowest BCUT2D eigenvalue weighted by molar-refractivity contribution is 0.590. The molecule has 0 aliphatic heterocycles. The van der Waals surface area contributed by atoms with Crippen LogP contribution in [0.4, 0.5) is 8.78 Å². The van der Waals surface area contributed by atoms with Crippen molar-refractivity contribution < 1.29 is 8.78 Å². The summed E-state index contributed by atoms with van der Waals surface area (Å²) in [6.07, 6.45) is 0. The zero-order chi connectivity index (χ0) is 27.3. The van der Waals surface area contributed by atoms with Crippen LogP contribution >= 0.6 is 0 Å². The van der Waals surface area contributed by atoms with Gasteiger partial charge in [-0.15, -0.1) is 0 Å². The van der Waals surface area contributed by atoms with Crippen molar-refractivity contribution in [3.8, 4) is 18.2 Å². The second-order valence-corrected chi connectivity index (χ2v) is 20.2. The van der Waals surface area contributed by atoms with Gasteiger partial charge in [-0.25, -0.2) is 33.8 Å². The SMILES string of the molecule is [C-]#[N+]C1=C([Si](C)(C)C)/C(=C(/C#N)[N+]#[C-])c2c(F)c3c(c(F)c21)/C(=C(/C#N)[N+]#[C-])C([Si](C)(C)C)=C3C#N. The highest BCUT2D eigenvalue weighted by Crippen LogP contribution is 2.56. The van der Waals surface area contributed by atoms with Crippen LogP contribution in [0, 0.1) is 65.3 Å². The number of nitriles is 3. The number of benzene rings is 1. The van der Waals surface area contributed by atoms with E-state index in [4.69, 9.17) is 19.7 Å². The van der Waals surface area contributed by atoms with Crippen LogP contribution in [0.5, 0.6) is 0 Å². The van der Waals surface area contributed by atoms with E-state index in [9.17, 15) is 15.8 Å². The molecular formula is C26H18F2N6Si2. The number of halogens is 2. The molecule has 0 N–H and O–H groups in total. The second kappa shape index (κ2) is 8.57. The lowest BCUT2D eigenvalue weighted by Gasteiger charge is -2.22. The molecule has 3 rings (SSSR count). The highest BCUT2D eigenvalue weighted by Gasteiger charge is 2.46. The molecule has 0 atom stereocenters. The fraction of sp³-hybridized carbons (Fsp3) is 0.231. The van der Waals surface area contributed by atoms with Crippen molar-refractivity contribution >= 4 is 38.6 Å². The Morgan fingerprint density at radius 2 is 1.11 bits per heavy atom. The van der Waals surface area contributed by atoms with Crippen LogP contribution < -0.4 is 0 Å². The summed E-state index contributed by atoms with van der Waals surface area (Å²) in [4.78, 5) is 10.0. The standard InChI is InChI=1S/C26H18F2N6Si2/c1-32-14(11-30)17-19-16(13(10-29)25(17)35(4,5)6)22(27)20-18(15(12-31)33-2)26(36(7,8)9)24(34-3)21(20)23(19)28/h4-9H3/b17-14+,18-15-. The minimum absolute atomic E-state index is 0.109. The quantitative estimate of drug-likeness (QED) is 0.246. The summed E-state index contributed by atoms with van der Waals surface area (Å²) in [5.74, 6) is -2.07. The molecule has 0 radical (unpaired) electrons. The minimum Gasteiger partial charge on any atom is -0.238 e. The van der Waals surface area contributed by atoms with Crippen molar-refractivity contribution in [3.63, 3.8) is 0 Å². The lowest BCUT2D eigenvalue weighted by atomic mass is 9.92. The molecule has 6 nitrogen and oxygen atoms in total. The monoisotopic (exact) mass is 508 g/mol. The molecule has 0 saturated carbocycles. The summed E-state index contributed by atoms with van der Waals surface area (Å²) in [5, 5.41) is 30.0. The maximum absolute atomic E-state index is 16.6. The molecule has 0 spiro atoms. The first-order chi connectivity index (χ1) is 16.8. The maximum atomic E-state index is 16.6. The molecule has 2 aliphatic carbocycles. The Bertz CT molecular complexity index is 1510. The van der Waals surface area contributed by atoms with E-state index in [2.05, 4.69) is 14.5 Å². The lowest BCUT2D eigenvalue weighted by Crippen LogP contribution is -2.25. The fourth-order valence-electron chi connectivity index (χ4n) is 4.81.